The van der Waals surface area contributed by atoms with Crippen LogP contribution in [0.3, 0.4) is 0 Å². The zero-order valence-corrected chi connectivity index (χ0v) is 72.6. The molecule has 0 aliphatic heterocycles. The number of aromatic nitrogens is 7. The average molecular weight is 1740 g/mol. The van der Waals surface area contributed by atoms with Gasteiger partial charge in [-0.25, -0.2) is 0 Å². The van der Waals surface area contributed by atoms with Gasteiger partial charge in [-0.05, 0) is 109 Å². The van der Waals surface area contributed by atoms with Gasteiger partial charge in [-0.1, -0.05) is 309 Å². The molecule has 0 fully saturated rings. The predicted molar refractivity (Wildman–Crippen MR) is 556 cm³/mol. The molecule has 0 aliphatic carbocycles. The Bertz CT molecular complexity index is 10200. The van der Waals surface area contributed by atoms with Crippen LogP contribution in [0.4, 0.5) is 0 Å². The third kappa shape index (κ3) is 10.7. The molecule has 0 aliphatic rings. The summed E-state index contributed by atoms with van der Waals surface area (Å²) in [6.07, 6.45) is 0. The summed E-state index contributed by atoms with van der Waals surface area (Å²) in [4.78, 5) is 0. The molecule has 10 aromatic heterocycles. The first kappa shape index (κ1) is 75.8. The van der Waals surface area contributed by atoms with Crippen molar-refractivity contribution in [1.29, 1.82) is 15.8 Å². The number of para-hydroxylation sites is 17. The van der Waals surface area contributed by atoms with Crippen LogP contribution in [0.1, 0.15) is 16.7 Å². The molecule has 13 heteroatoms. The maximum absolute atomic E-state index is 11.9. The standard InChI is InChI=1S/C49H28N4O.2C37H21N3O/c50-29-37-46(51-38-22-8-1-15-30(38)31-16-2-9-23-39(31)51)45-36-21-7-14-28-44(36)54-49(45)48(53-42-26-12-5-19-34(42)35-20-6-13-27-43(35)53)47(37)52-40-24-10-3-17-32(40)33-18-4-11-25-41(33)52;38-22-23-21-33(39-29-16-6-1-11-24(29)25-12-2-7-17-30(25)39)37-35(28-15-5-10-20-34(28)41-37)36(23)40-31-18-8-3-13-26(31)27-14-4-9-19-32(27)40;38-22-28-33(39-29-16-6-1-11-23(29)24-12-2-7-17-30(24)39)21-35-36(27-15-5-10-20-34(27)41-35)37(28)40-31-18-8-3-13-25(31)26-14-4-9-19-32(26)40/h1-28H;2*1-21H. The molecule has 13 nitrogen and oxygen atoms in total. The van der Waals surface area contributed by atoms with Crippen LogP contribution in [-0.4, -0.2) is 32.0 Å². The summed E-state index contributed by atoms with van der Waals surface area (Å²) in [6.45, 7) is 0. The van der Waals surface area contributed by atoms with Crippen molar-refractivity contribution in [1.82, 2.24) is 32.0 Å². The van der Waals surface area contributed by atoms with Gasteiger partial charge in [0, 0.05) is 97.6 Å². The molecule has 0 N–H and O–H groups in total. The molecule has 0 amide bonds. The van der Waals surface area contributed by atoms with Gasteiger partial charge in [0.1, 0.15) is 57.4 Å². The smallest absolute Gasteiger partial charge is 0.163 e. The highest BCUT2D eigenvalue weighted by molar-refractivity contribution is 6.24. The second kappa shape index (κ2) is 29.4. The van der Waals surface area contributed by atoms with Gasteiger partial charge in [-0.2, -0.15) is 15.8 Å². The Morgan fingerprint density at radius 3 is 0.684 bits per heavy atom. The zero-order chi connectivity index (χ0) is 89.6. The van der Waals surface area contributed by atoms with Crippen molar-refractivity contribution in [3.8, 4) is 58.0 Å². The number of nitriles is 3. The van der Waals surface area contributed by atoms with Crippen molar-refractivity contribution >= 4 is 218 Å². The summed E-state index contributed by atoms with van der Waals surface area (Å²) in [5.74, 6) is 0. The molecule has 0 spiro atoms. The average Bonchev–Trinajstić information content (AvgIpc) is 1.50. The molecule has 30 rings (SSSR count). The quantitative estimate of drug-likeness (QED) is 0.155. The highest BCUT2D eigenvalue weighted by atomic mass is 16.3. The molecule has 30 aromatic rings. The fourth-order valence-electron chi connectivity index (χ4n) is 22.6. The number of hydrogen-bond acceptors (Lipinski definition) is 6. The summed E-state index contributed by atoms with van der Waals surface area (Å²) >= 11 is 0. The van der Waals surface area contributed by atoms with Crippen LogP contribution in [0.15, 0.2) is 438 Å². The number of fused-ring (bicyclic) bond motifs is 30. The highest BCUT2D eigenvalue weighted by Crippen LogP contribution is 2.53. The van der Waals surface area contributed by atoms with E-state index in [1.54, 1.807) is 0 Å². The first-order valence-corrected chi connectivity index (χ1v) is 45.6. The normalized spacial score (nSPS) is 11.9. The Morgan fingerprint density at radius 2 is 0.382 bits per heavy atom. The number of nitrogens with zero attached hydrogens (tertiary/aromatic N) is 10. The van der Waals surface area contributed by atoms with Crippen LogP contribution in [0.2, 0.25) is 0 Å². The minimum Gasteiger partial charge on any atom is -0.456 e. The zero-order valence-electron chi connectivity index (χ0n) is 72.6. The summed E-state index contributed by atoms with van der Waals surface area (Å²) in [7, 11) is 0. The SMILES string of the molecule is N#Cc1c(-n2c3ccccc3c3ccccc32)c(-n2c3ccccc3c3ccccc32)c2oc3ccccc3c2c1-n1c2ccccc2c2ccccc21.N#Cc1c(-n2c3ccccc3c3ccccc32)cc2oc3ccccc3c2c1-n1c2ccccc2c2ccccc21.N#Cc1cc(-n2c3ccccc3c3ccccc32)c2oc3ccccc3c2c1-n1c2ccccc2c2ccccc21. The van der Waals surface area contributed by atoms with Gasteiger partial charge in [0.15, 0.2) is 11.2 Å². The van der Waals surface area contributed by atoms with Gasteiger partial charge >= 0.3 is 0 Å². The van der Waals surface area contributed by atoms with E-state index < -0.39 is 0 Å². The molecular weight excluding hydrogens is 1670 g/mol. The lowest BCUT2D eigenvalue weighted by Gasteiger charge is -2.22. The molecule has 0 radical (unpaired) electrons. The minimum atomic E-state index is 0.559. The first-order valence-electron chi connectivity index (χ1n) is 45.6. The Labute approximate surface area is 773 Å². The van der Waals surface area contributed by atoms with Crippen molar-refractivity contribution in [3.63, 3.8) is 0 Å². The van der Waals surface area contributed by atoms with E-state index in [2.05, 4.69) is 414 Å². The van der Waals surface area contributed by atoms with Gasteiger partial charge < -0.3 is 45.2 Å². The van der Waals surface area contributed by atoms with E-state index in [0.29, 0.717) is 16.7 Å². The molecule has 0 saturated heterocycles. The second-order valence-electron chi connectivity index (χ2n) is 34.8. The van der Waals surface area contributed by atoms with Crippen LogP contribution < -0.4 is 0 Å². The van der Waals surface area contributed by atoms with Crippen LogP contribution in [0.5, 0.6) is 0 Å². The summed E-state index contributed by atoms with van der Waals surface area (Å²) < 4.78 is 36.3. The fraction of sp³-hybridized carbons (Fsp3) is 0. The highest BCUT2D eigenvalue weighted by Gasteiger charge is 2.35. The monoisotopic (exact) mass is 1730 g/mol. The Morgan fingerprint density at radius 1 is 0.162 bits per heavy atom. The van der Waals surface area contributed by atoms with Crippen molar-refractivity contribution in [3.05, 3.63) is 441 Å². The second-order valence-corrected chi connectivity index (χ2v) is 34.8. The van der Waals surface area contributed by atoms with Crippen molar-refractivity contribution < 1.29 is 13.3 Å². The van der Waals surface area contributed by atoms with E-state index >= 15 is 0 Å². The number of furan rings is 3. The predicted octanol–water partition coefficient (Wildman–Crippen LogP) is 32.1. The summed E-state index contributed by atoms with van der Waals surface area (Å²) in [6, 6.07) is 155. The van der Waals surface area contributed by atoms with Crippen LogP contribution >= 0.6 is 0 Å². The van der Waals surface area contributed by atoms with Gasteiger partial charge in [-0.3, -0.25) is 0 Å². The van der Waals surface area contributed by atoms with Crippen molar-refractivity contribution in [2.24, 2.45) is 0 Å². The lowest BCUT2D eigenvalue weighted by atomic mass is 10.0. The third-order valence-corrected chi connectivity index (χ3v) is 28.0. The molecule has 630 valence electrons. The van der Waals surface area contributed by atoms with Gasteiger partial charge in [0.25, 0.3) is 0 Å². The van der Waals surface area contributed by atoms with E-state index in [1.165, 1.54) is 0 Å². The lowest BCUT2D eigenvalue weighted by molar-refractivity contribution is 0.665. The first-order chi connectivity index (χ1) is 67.5. The van der Waals surface area contributed by atoms with Crippen LogP contribution in [-0.2, 0) is 0 Å². The van der Waals surface area contributed by atoms with Gasteiger partial charge in [-0.15, -0.1) is 0 Å². The van der Waals surface area contributed by atoms with Gasteiger partial charge in [0.2, 0.25) is 0 Å². The molecule has 20 aromatic carbocycles. The minimum absolute atomic E-state index is 0.559. The summed E-state index contributed by atoms with van der Waals surface area (Å²) in [5.41, 5.74) is 26.7. The summed E-state index contributed by atoms with van der Waals surface area (Å²) in [5, 5.41) is 55.4. The van der Waals surface area contributed by atoms with Crippen molar-refractivity contribution in [2.45, 2.75) is 0 Å². The van der Waals surface area contributed by atoms with Crippen molar-refractivity contribution in [2.75, 3.05) is 0 Å². The van der Waals surface area contributed by atoms with E-state index in [9.17, 15) is 15.8 Å². The van der Waals surface area contributed by atoms with Crippen LogP contribution in [0, 0.1) is 34.0 Å². The molecular formula is C123H70N10O3. The maximum atomic E-state index is 11.9. The molecule has 0 saturated carbocycles. The Balaban J connectivity index is 0.000000103. The number of rotatable bonds is 7. The van der Waals surface area contributed by atoms with Gasteiger partial charge in [0.05, 0.1) is 133 Å². The Kier molecular flexibility index (Phi) is 16.4. The fourth-order valence-corrected chi connectivity index (χ4v) is 22.6. The van der Waals surface area contributed by atoms with E-state index in [1.807, 2.05) is 60.7 Å². The molecule has 0 unspecified atom stereocenters. The van der Waals surface area contributed by atoms with E-state index in [0.717, 1.165) is 258 Å². The maximum Gasteiger partial charge on any atom is 0.163 e. The largest absolute Gasteiger partial charge is 0.456 e. The van der Waals surface area contributed by atoms with E-state index in [4.69, 9.17) is 13.3 Å². The number of benzene rings is 20. The van der Waals surface area contributed by atoms with E-state index in [-0.39, 0.29) is 0 Å². The molecule has 136 heavy (non-hydrogen) atoms. The molecule has 10 heterocycles. The number of hydrogen-bond donors (Lipinski definition) is 0. The topological polar surface area (TPSA) is 145 Å². The Hall–Kier alpha value is -19.1. The molecule has 0 bridgehead atoms. The lowest BCUT2D eigenvalue weighted by Crippen LogP contribution is -2.10. The molecule has 0 atom stereocenters. The van der Waals surface area contributed by atoms with Crippen LogP contribution in [0.25, 0.3) is 258 Å². The third-order valence-electron chi connectivity index (χ3n) is 28.0.